The largest absolute Gasteiger partial charge is 0.519 e. The molecule has 228 valence electrons. The molecule has 44 heavy (non-hydrogen) atoms. The van der Waals surface area contributed by atoms with E-state index in [4.69, 9.17) is 28.4 Å². The molecule has 9 nitrogen and oxygen atoms in total. The zero-order valence-corrected chi connectivity index (χ0v) is 25.4. The highest BCUT2D eigenvalue weighted by Crippen LogP contribution is 2.41. The minimum Gasteiger partial charge on any atom is -0.395 e. The van der Waals surface area contributed by atoms with E-state index in [1.54, 1.807) is 72.8 Å². The van der Waals surface area contributed by atoms with Gasteiger partial charge in [0, 0.05) is 17.2 Å². The fourth-order valence-corrected chi connectivity index (χ4v) is 4.11. The molecule has 0 saturated carbocycles. The second kappa shape index (κ2) is 13.3. The van der Waals surface area contributed by atoms with Crippen molar-refractivity contribution in [2.24, 2.45) is 0 Å². The SMILES string of the molecule is CC(C)(C)c1cc(OC(=O)Oc2cccc(OC(=O)Oc3ccccc3)c2)c(C(C)(C)C)cc1OC(=O)Oc1ccccc1. The van der Waals surface area contributed by atoms with Crippen LogP contribution in [0.4, 0.5) is 14.4 Å². The number of ether oxygens (including phenoxy) is 6. The van der Waals surface area contributed by atoms with Crippen LogP contribution in [0.1, 0.15) is 52.7 Å². The molecule has 0 saturated heterocycles. The number of carbonyl (C=O) groups is 3. The van der Waals surface area contributed by atoms with Crippen molar-refractivity contribution in [3.05, 3.63) is 108 Å². The van der Waals surface area contributed by atoms with Crippen LogP contribution in [0.15, 0.2) is 97.1 Å². The average Bonchev–Trinajstić information content (AvgIpc) is 2.93. The van der Waals surface area contributed by atoms with Crippen molar-refractivity contribution >= 4 is 18.5 Å². The summed E-state index contributed by atoms with van der Waals surface area (Å²) >= 11 is 0. The van der Waals surface area contributed by atoms with Gasteiger partial charge in [-0.05, 0) is 59.4 Å². The fourth-order valence-electron chi connectivity index (χ4n) is 4.11. The highest BCUT2D eigenvalue weighted by Gasteiger charge is 2.29. The molecule has 4 aromatic rings. The standard InChI is InChI=1S/C35H34O9/c1-34(2,3)27-22-30(28(35(4,5)6)21-29(27)43-32(37)40-24-16-11-8-12-17-24)44-33(38)42-26-19-13-18-25(20-26)41-31(36)39-23-14-9-7-10-15-23/h7-22H,1-6H3. The number of rotatable bonds is 6. The minimum atomic E-state index is -1.02. The predicted molar refractivity (Wildman–Crippen MR) is 163 cm³/mol. The van der Waals surface area contributed by atoms with Crippen molar-refractivity contribution in [3.63, 3.8) is 0 Å². The number of benzene rings is 4. The summed E-state index contributed by atoms with van der Waals surface area (Å²) in [4.78, 5) is 37.8. The van der Waals surface area contributed by atoms with Crippen LogP contribution < -0.4 is 28.4 Å². The van der Waals surface area contributed by atoms with E-state index in [0.717, 1.165) is 0 Å². The number of hydrogen-bond acceptors (Lipinski definition) is 9. The van der Waals surface area contributed by atoms with Crippen LogP contribution in [0.2, 0.25) is 0 Å². The van der Waals surface area contributed by atoms with E-state index in [2.05, 4.69) is 0 Å². The summed E-state index contributed by atoms with van der Waals surface area (Å²) < 4.78 is 32.5. The molecule has 0 amide bonds. The Morgan fingerprint density at radius 1 is 0.409 bits per heavy atom. The highest BCUT2D eigenvalue weighted by atomic mass is 16.7. The molecule has 0 aliphatic rings. The Balaban J connectivity index is 1.52. The topological polar surface area (TPSA) is 107 Å². The third kappa shape index (κ3) is 8.84. The number of para-hydroxylation sites is 2. The lowest BCUT2D eigenvalue weighted by atomic mass is 9.81. The van der Waals surface area contributed by atoms with Crippen molar-refractivity contribution in [2.45, 2.75) is 52.4 Å². The van der Waals surface area contributed by atoms with Crippen LogP contribution in [0.25, 0.3) is 0 Å². The van der Waals surface area contributed by atoms with Gasteiger partial charge in [-0.3, -0.25) is 0 Å². The predicted octanol–water partition coefficient (Wildman–Crippen LogP) is 9.02. The molecule has 0 unspecified atom stereocenters. The molecule has 0 N–H and O–H groups in total. The van der Waals surface area contributed by atoms with Gasteiger partial charge in [0.25, 0.3) is 0 Å². The lowest BCUT2D eigenvalue weighted by molar-refractivity contribution is 0.146. The minimum absolute atomic E-state index is 0.0805. The summed E-state index contributed by atoms with van der Waals surface area (Å²) in [7, 11) is 0. The number of hydrogen-bond donors (Lipinski definition) is 0. The van der Waals surface area contributed by atoms with E-state index in [-0.39, 0.29) is 23.0 Å². The average molecular weight is 599 g/mol. The van der Waals surface area contributed by atoms with Gasteiger partial charge in [0.1, 0.15) is 34.5 Å². The van der Waals surface area contributed by atoms with E-state index >= 15 is 0 Å². The van der Waals surface area contributed by atoms with Gasteiger partial charge < -0.3 is 28.4 Å². The molecule has 9 heteroatoms. The van der Waals surface area contributed by atoms with Crippen LogP contribution in [-0.2, 0) is 10.8 Å². The van der Waals surface area contributed by atoms with Crippen molar-refractivity contribution in [1.29, 1.82) is 0 Å². The normalized spacial score (nSPS) is 11.2. The van der Waals surface area contributed by atoms with Crippen molar-refractivity contribution in [2.75, 3.05) is 0 Å². The molecule has 0 spiro atoms. The number of carbonyl (C=O) groups excluding carboxylic acids is 3. The van der Waals surface area contributed by atoms with Crippen molar-refractivity contribution in [3.8, 4) is 34.5 Å². The molecule has 4 aromatic carbocycles. The van der Waals surface area contributed by atoms with Crippen molar-refractivity contribution in [1.82, 2.24) is 0 Å². The first-order valence-electron chi connectivity index (χ1n) is 13.9. The Labute approximate surface area is 256 Å². The van der Waals surface area contributed by atoms with Gasteiger partial charge in [-0.25, -0.2) is 14.4 Å². The molecule has 0 heterocycles. The highest BCUT2D eigenvalue weighted by molar-refractivity contribution is 5.72. The van der Waals surface area contributed by atoms with Crippen LogP contribution in [0.5, 0.6) is 34.5 Å². The summed E-state index contributed by atoms with van der Waals surface area (Å²) in [6.07, 6.45) is -2.86. The van der Waals surface area contributed by atoms with Gasteiger partial charge in [-0.1, -0.05) is 84.0 Å². The first-order chi connectivity index (χ1) is 20.8. The van der Waals surface area contributed by atoms with Gasteiger partial charge in [0.2, 0.25) is 0 Å². The lowest BCUT2D eigenvalue weighted by Gasteiger charge is -2.28. The molecular weight excluding hydrogens is 564 g/mol. The lowest BCUT2D eigenvalue weighted by Crippen LogP contribution is -2.23. The third-order valence-electron chi connectivity index (χ3n) is 6.18. The van der Waals surface area contributed by atoms with E-state index < -0.39 is 29.3 Å². The molecule has 0 radical (unpaired) electrons. The van der Waals surface area contributed by atoms with E-state index in [0.29, 0.717) is 22.6 Å². The maximum Gasteiger partial charge on any atom is 0.519 e. The Kier molecular flexibility index (Phi) is 9.58. The molecule has 0 bridgehead atoms. The summed E-state index contributed by atoms with van der Waals surface area (Å²) in [5.41, 5.74) is 0.151. The van der Waals surface area contributed by atoms with Gasteiger partial charge in [-0.15, -0.1) is 0 Å². The Bertz CT molecular complexity index is 1620. The van der Waals surface area contributed by atoms with Crippen LogP contribution in [0.3, 0.4) is 0 Å². The summed E-state index contributed by atoms with van der Waals surface area (Å²) in [6.45, 7) is 11.6. The van der Waals surface area contributed by atoms with Gasteiger partial charge in [0.15, 0.2) is 0 Å². The smallest absolute Gasteiger partial charge is 0.395 e. The van der Waals surface area contributed by atoms with Crippen LogP contribution in [0, 0.1) is 0 Å². The molecule has 0 aliphatic carbocycles. The summed E-state index contributed by atoms with van der Waals surface area (Å²) in [6, 6.07) is 26.3. The first-order valence-corrected chi connectivity index (χ1v) is 13.9. The second-order valence-corrected chi connectivity index (χ2v) is 11.8. The molecule has 0 aromatic heterocycles. The van der Waals surface area contributed by atoms with Crippen LogP contribution >= 0.6 is 0 Å². The molecular formula is C35H34O9. The fraction of sp³-hybridized carbons (Fsp3) is 0.229. The first kappa shape index (κ1) is 31.6. The van der Waals surface area contributed by atoms with Gasteiger partial charge >= 0.3 is 18.5 Å². The molecule has 0 fully saturated rings. The molecule has 4 rings (SSSR count). The van der Waals surface area contributed by atoms with Crippen LogP contribution in [-0.4, -0.2) is 18.5 Å². The van der Waals surface area contributed by atoms with E-state index in [9.17, 15) is 14.4 Å². The third-order valence-corrected chi connectivity index (χ3v) is 6.18. The monoisotopic (exact) mass is 598 g/mol. The van der Waals surface area contributed by atoms with E-state index in [1.807, 2.05) is 47.6 Å². The quantitative estimate of drug-likeness (QED) is 0.159. The van der Waals surface area contributed by atoms with Gasteiger partial charge in [-0.2, -0.15) is 0 Å². The zero-order valence-electron chi connectivity index (χ0n) is 25.4. The molecule has 0 atom stereocenters. The Morgan fingerprint density at radius 3 is 1.09 bits per heavy atom. The zero-order chi connectivity index (χ0) is 31.9. The van der Waals surface area contributed by atoms with E-state index in [1.165, 1.54) is 18.2 Å². The maximum absolute atomic E-state index is 13.0. The molecule has 0 aliphatic heterocycles. The van der Waals surface area contributed by atoms with Crippen molar-refractivity contribution < 1.29 is 42.8 Å². The summed E-state index contributed by atoms with van der Waals surface area (Å²) in [5, 5.41) is 0. The summed E-state index contributed by atoms with van der Waals surface area (Å²) in [5.74, 6) is 1.35. The Morgan fingerprint density at radius 2 is 0.727 bits per heavy atom. The maximum atomic E-state index is 13.0. The Hall–Kier alpha value is -5.31. The second-order valence-electron chi connectivity index (χ2n) is 11.8. The van der Waals surface area contributed by atoms with Gasteiger partial charge in [0.05, 0.1) is 0 Å².